The molecule has 0 bridgehead atoms. The Hall–Kier alpha value is -0.380. The van der Waals surface area contributed by atoms with Crippen molar-refractivity contribution in [3.63, 3.8) is 0 Å². The monoisotopic (exact) mass is 298 g/mol. The molecule has 0 saturated carbocycles. The van der Waals surface area contributed by atoms with Crippen LogP contribution in [0, 0.1) is 5.92 Å². The molecule has 2 rings (SSSR count). The molecule has 0 aliphatic heterocycles. The van der Waals surface area contributed by atoms with Crippen LogP contribution in [0.1, 0.15) is 31.9 Å². The molecule has 86 valence electrons. The van der Waals surface area contributed by atoms with Gasteiger partial charge in [-0.05, 0) is 50.7 Å². The summed E-state index contributed by atoms with van der Waals surface area (Å²) in [7, 11) is 0. The first-order valence-electron chi connectivity index (χ1n) is 5.43. The van der Waals surface area contributed by atoms with Gasteiger partial charge in [0.15, 0.2) is 0 Å². The molecule has 1 nitrogen and oxygen atoms in total. The van der Waals surface area contributed by atoms with E-state index in [-0.39, 0.29) is 6.10 Å². The molecule has 3 heteroatoms. The number of hydrogen-bond donors (Lipinski definition) is 1. The first-order chi connectivity index (χ1) is 7.59. The fourth-order valence-corrected chi connectivity index (χ4v) is 3.54. The van der Waals surface area contributed by atoms with E-state index in [2.05, 4.69) is 41.2 Å². The lowest BCUT2D eigenvalue weighted by Crippen LogP contribution is -2.00. The van der Waals surface area contributed by atoms with Crippen molar-refractivity contribution in [3.8, 4) is 0 Å². The summed E-state index contributed by atoms with van der Waals surface area (Å²) in [4.78, 5) is 0. The highest BCUT2D eigenvalue weighted by Crippen LogP contribution is 2.36. The second kappa shape index (κ2) is 4.86. The Morgan fingerprint density at radius 3 is 2.81 bits per heavy atom. The van der Waals surface area contributed by atoms with Gasteiger partial charge in [-0.3, -0.25) is 0 Å². The molecular weight excluding hydrogens is 284 g/mol. The summed E-state index contributed by atoms with van der Waals surface area (Å²) in [6.45, 7) is 4.27. The van der Waals surface area contributed by atoms with Crippen molar-refractivity contribution in [1.29, 1.82) is 0 Å². The highest BCUT2D eigenvalue weighted by atomic mass is 79.9. The van der Waals surface area contributed by atoms with Crippen LogP contribution in [0.4, 0.5) is 0 Å². The minimum Gasteiger partial charge on any atom is -0.388 e. The molecule has 1 heterocycles. The fraction of sp³-hybridized carbons (Fsp3) is 0.385. The topological polar surface area (TPSA) is 20.2 Å². The number of thiophene rings is 1. The summed E-state index contributed by atoms with van der Waals surface area (Å²) < 4.78 is 2.33. The standard InChI is InChI=1S/C13H15BrOS/c1-8(2)6-12(15)10-7-16-13-9(10)4-3-5-11(13)14/h3-5,7-8,12,15H,6H2,1-2H3. The van der Waals surface area contributed by atoms with Crippen LogP contribution in [0.3, 0.4) is 0 Å². The van der Waals surface area contributed by atoms with Crippen molar-refractivity contribution in [2.45, 2.75) is 26.4 Å². The first kappa shape index (κ1) is 12.1. The summed E-state index contributed by atoms with van der Waals surface area (Å²) in [6.07, 6.45) is 0.473. The Labute approximate surface area is 108 Å². The lowest BCUT2D eigenvalue weighted by atomic mass is 9.99. The number of halogens is 1. The smallest absolute Gasteiger partial charge is 0.0806 e. The van der Waals surface area contributed by atoms with Crippen molar-refractivity contribution in [1.82, 2.24) is 0 Å². The minimum atomic E-state index is -0.344. The molecule has 0 radical (unpaired) electrons. The van der Waals surface area contributed by atoms with Crippen LogP contribution < -0.4 is 0 Å². The van der Waals surface area contributed by atoms with E-state index in [4.69, 9.17) is 0 Å². The fourth-order valence-electron chi connectivity index (χ4n) is 1.87. The van der Waals surface area contributed by atoms with E-state index in [1.165, 1.54) is 10.1 Å². The summed E-state index contributed by atoms with van der Waals surface area (Å²) in [5, 5.41) is 13.4. The average molecular weight is 299 g/mol. The maximum atomic E-state index is 10.2. The molecule has 1 atom stereocenters. The molecule has 1 aromatic carbocycles. The predicted molar refractivity (Wildman–Crippen MR) is 73.9 cm³/mol. The quantitative estimate of drug-likeness (QED) is 0.867. The Bertz CT molecular complexity index is 490. The zero-order valence-electron chi connectivity index (χ0n) is 9.40. The van der Waals surface area contributed by atoms with E-state index in [9.17, 15) is 5.11 Å². The van der Waals surface area contributed by atoms with Crippen LogP contribution in [0.5, 0.6) is 0 Å². The molecule has 1 aromatic heterocycles. The van der Waals surface area contributed by atoms with Crippen LogP contribution in [0.2, 0.25) is 0 Å². The van der Waals surface area contributed by atoms with E-state index >= 15 is 0 Å². The van der Waals surface area contributed by atoms with Gasteiger partial charge >= 0.3 is 0 Å². The summed E-state index contributed by atoms with van der Waals surface area (Å²) in [5.74, 6) is 0.511. The summed E-state index contributed by atoms with van der Waals surface area (Å²) in [5.41, 5.74) is 1.06. The molecule has 0 aliphatic carbocycles. The normalized spacial score (nSPS) is 13.6. The highest BCUT2D eigenvalue weighted by Gasteiger charge is 2.15. The summed E-state index contributed by atoms with van der Waals surface area (Å²) >= 11 is 5.23. The van der Waals surface area contributed by atoms with Gasteiger partial charge in [0.1, 0.15) is 0 Å². The zero-order valence-corrected chi connectivity index (χ0v) is 11.8. The minimum absolute atomic E-state index is 0.344. The molecule has 0 spiro atoms. The molecule has 0 aliphatic rings. The van der Waals surface area contributed by atoms with Gasteiger partial charge in [-0.25, -0.2) is 0 Å². The van der Waals surface area contributed by atoms with E-state index < -0.39 is 0 Å². The first-order valence-corrected chi connectivity index (χ1v) is 7.10. The van der Waals surface area contributed by atoms with Crippen LogP contribution in [-0.4, -0.2) is 5.11 Å². The zero-order chi connectivity index (χ0) is 11.7. The maximum Gasteiger partial charge on any atom is 0.0806 e. The van der Waals surface area contributed by atoms with Gasteiger partial charge in [0.05, 0.1) is 6.10 Å². The number of aliphatic hydroxyl groups excluding tert-OH is 1. The van der Waals surface area contributed by atoms with Gasteiger partial charge in [0, 0.05) is 9.17 Å². The highest BCUT2D eigenvalue weighted by molar-refractivity contribution is 9.10. The van der Waals surface area contributed by atoms with E-state index in [1.54, 1.807) is 11.3 Å². The largest absolute Gasteiger partial charge is 0.388 e. The van der Waals surface area contributed by atoms with Gasteiger partial charge in [0.25, 0.3) is 0 Å². The van der Waals surface area contributed by atoms with Crippen LogP contribution >= 0.6 is 27.3 Å². The van der Waals surface area contributed by atoms with E-state index in [0.717, 1.165) is 16.5 Å². The number of fused-ring (bicyclic) bond motifs is 1. The molecular formula is C13H15BrOS. The molecule has 0 amide bonds. The van der Waals surface area contributed by atoms with E-state index in [1.807, 2.05) is 12.1 Å². The third-order valence-electron chi connectivity index (χ3n) is 2.64. The molecule has 1 N–H and O–H groups in total. The van der Waals surface area contributed by atoms with Crippen molar-refractivity contribution in [2.75, 3.05) is 0 Å². The van der Waals surface area contributed by atoms with Gasteiger partial charge in [-0.15, -0.1) is 11.3 Å². The predicted octanol–water partition coefficient (Wildman–Crippen LogP) is 4.74. The Kier molecular flexibility index (Phi) is 3.67. The molecule has 16 heavy (non-hydrogen) atoms. The average Bonchev–Trinajstić information content (AvgIpc) is 2.61. The number of hydrogen-bond acceptors (Lipinski definition) is 2. The number of benzene rings is 1. The van der Waals surface area contributed by atoms with E-state index in [0.29, 0.717) is 5.92 Å². The molecule has 2 aromatic rings. The molecule has 0 saturated heterocycles. The SMILES string of the molecule is CC(C)CC(O)c1csc2c(Br)cccc12. The van der Waals surface area contributed by atoms with Crippen molar-refractivity contribution in [3.05, 3.63) is 33.6 Å². The molecule has 1 unspecified atom stereocenters. The lowest BCUT2D eigenvalue weighted by molar-refractivity contribution is 0.153. The van der Waals surface area contributed by atoms with Crippen molar-refractivity contribution < 1.29 is 5.11 Å². The second-order valence-electron chi connectivity index (χ2n) is 4.45. The maximum absolute atomic E-state index is 10.2. The molecule has 0 fully saturated rings. The number of aliphatic hydroxyl groups is 1. The Morgan fingerprint density at radius 2 is 2.12 bits per heavy atom. The van der Waals surface area contributed by atoms with Crippen LogP contribution in [0.25, 0.3) is 10.1 Å². The summed E-state index contributed by atoms with van der Waals surface area (Å²) in [6, 6.07) is 6.14. The van der Waals surface area contributed by atoms with Crippen molar-refractivity contribution >= 4 is 37.4 Å². The third kappa shape index (κ3) is 2.31. The van der Waals surface area contributed by atoms with Crippen LogP contribution in [-0.2, 0) is 0 Å². The number of rotatable bonds is 3. The Balaban J connectivity index is 2.42. The van der Waals surface area contributed by atoms with Gasteiger partial charge in [-0.2, -0.15) is 0 Å². The van der Waals surface area contributed by atoms with Gasteiger partial charge in [-0.1, -0.05) is 26.0 Å². The lowest BCUT2D eigenvalue weighted by Gasteiger charge is -2.12. The second-order valence-corrected chi connectivity index (χ2v) is 6.19. The third-order valence-corrected chi connectivity index (χ3v) is 4.61. The van der Waals surface area contributed by atoms with Gasteiger partial charge < -0.3 is 5.11 Å². The Morgan fingerprint density at radius 1 is 1.38 bits per heavy atom. The van der Waals surface area contributed by atoms with Crippen molar-refractivity contribution in [2.24, 2.45) is 5.92 Å². The van der Waals surface area contributed by atoms with Crippen LogP contribution in [0.15, 0.2) is 28.1 Å². The van der Waals surface area contributed by atoms with Gasteiger partial charge in [0.2, 0.25) is 0 Å².